The van der Waals surface area contributed by atoms with Gasteiger partial charge < -0.3 is 0 Å². The van der Waals surface area contributed by atoms with Crippen LogP contribution in [-0.4, -0.2) is 11.8 Å². The van der Waals surface area contributed by atoms with Crippen LogP contribution in [0.15, 0.2) is 132 Å². The van der Waals surface area contributed by atoms with E-state index in [0.717, 1.165) is 16.8 Å². The molecule has 0 saturated carbocycles. The van der Waals surface area contributed by atoms with E-state index in [1.54, 1.807) is 21.9 Å². The van der Waals surface area contributed by atoms with E-state index in [1.807, 2.05) is 109 Å². The zero-order valence-electron chi connectivity index (χ0n) is 19.2. The summed E-state index contributed by atoms with van der Waals surface area (Å²) >= 11 is 6.10. The SMILES string of the molecule is O=C1/C(=C/c2ccc(Cl)cc2)C2=C(C(=O)N(c3ccccc3)[C@H]2c2ccccc2)N1c1ccccc1. The average Bonchev–Trinajstić information content (AvgIpc) is 3.37. The van der Waals surface area contributed by atoms with Crippen molar-refractivity contribution in [2.45, 2.75) is 6.04 Å². The van der Waals surface area contributed by atoms with Gasteiger partial charge in [-0.15, -0.1) is 0 Å². The van der Waals surface area contributed by atoms with Gasteiger partial charge in [0, 0.05) is 27.5 Å². The molecule has 2 amide bonds. The van der Waals surface area contributed by atoms with Crippen molar-refractivity contribution in [2.75, 3.05) is 9.80 Å². The van der Waals surface area contributed by atoms with E-state index in [0.29, 0.717) is 27.6 Å². The number of carbonyl (C=O) groups is 2. The summed E-state index contributed by atoms with van der Waals surface area (Å²) in [5.41, 5.74) is 4.80. The second-order valence-corrected chi connectivity index (χ2v) is 9.11. The fourth-order valence-electron chi connectivity index (χ4n) is 4.93. The molecular weight excluding hydrogens is 468 g/mol. The van der Waals surface area contributed by atoms with Gasteiger partial charge in [-0.2, -0.15) is 0 Å². The van der Waals surface area contributed by atoms with Gasteiger partial charge in [0.05, 0.1) is 6.04 Å². The van der Waals surface area contributed by atoms with E-state index in [-0.39, 0.29) is 11.8 Å². The smallest absolute Gasteiger partial charge is 0.276 e. The zero-order valence-corrected chi connectivity index (χ0v) is 20.0. The van der Waals surface area contributed by atoms with E-state index < -0.39 is 6.04 Å². The van der Waals surface area contributed by atoms with E-state index in [9.17, 15) is 9.59 Å². The molecule has 0 aliphatic carbocycles. The standard InChI is InChI=1S/C31H21ClN2O2/c32-23-18-16-21(17-19-23)20-26-27-28(22-10-4-1-5-11-22)33(24-12-6-2-7-13-24)31(36)29(27)34(30(26)35)25-14-8-3-9-15-25/h1-20,28H/b26-20+/t28-/m0/s1. The molecule has 0 spiro atoms. The lowest BCUT2D eigenvalue weighted by atomic mass is 9.93. The first kappa shape index (κ1) is 22.1. The molecule has 0 N–H and O–H groups in total. The molecule has 1 atom stereocenters. The Labute approximate surface area is 214 Å². The van der Waals surface area contributed by atoms with Crippen molar-refractivity contribution in [1.82, 2.24) is 0 Å². The van der Waals surface area contributed by atoms with Crippen LogP contribution in [0.5, 0.6) is 0 Å². The summed E-state index contributed by atoms with van der Waals surface area (Å²) in [6, 6.07) is 35.7. The topological polar surface area (TPSA) is 40.6 Å². The van der Waals surface area contributed by atoms with Gasteiger partial charge in [-0.05, 0) is 53.6 Å². The highest BCUT2D eigenvalue weighted by atomic mass is 35.5. The van der Waals surface area contributed by atoms with Crippen LogP contribution in [0.1, 0.15) is 17.2 Å². The third kappa shape index (κ3) is 3.63. The van der Waals surface area contributed by atoms with Crippen molar-refractivity contribution >= 4 is 40.9 Å². The van der Waals surface area contributed by atoms with Crippen LogP contribution >= 0.6 is 11.6 Å². The monoisotopic (exact) mass is 488 g/mol. The summed E-state index contributed by atoms with van der Waals surface area (Å²) in [5.74, 6) is -0.426. The number of anilines is 2. The number of amides is 2. The first-order chi connectivity index (χ1) is 17.6. The summed E-state index contributed by atoms with van der Waals surface area (Å²) in [6.45, 7) is 0. The minimum Gasteiger partial charge on any atom is -0.295 e. The van der Waals surface area contributed by atoms with Crippen molar-refractivity contribution in [3.8, 4) is 0 Å². The Morgan fingerprint density at radius 2 is 1.19 bits per heavy atom. The van der Waals surface area contributed by atoms with Crippen LogP contribution in [0.2, 0.25) is 5.02 Å². The van der Waals surface area contributed by atoms with Crippen molar-refractivity contribution in [3.05, 3.63) is 148 Å². The Morgan fingerprint density at radius 3 is 1.81 bits per heavy atom. The summed E-state index contributed by atoms with van der Waals surface area (Å²) in [6.07, 6.45) is 1.86. The maximum atomic E-state index is 14.2. The third-order valence-corrected chi connectivity index (χ3v) is 6.75. The van der Waals surface area contributed by atoms with Crippen LogP contribution in [0.25, 0.3) is 6.08 Å². The molecule has 0 radical (unpaired) electrons. The Bertz CT molecular complexity index is 1510. The number of hydrogen-bond donors (Lipinski definition) is 0. The van der Waals surface area contributed by atoms with Gasteiger partial charge in [0.25, 0.3) is 11.8 Å². The second-order valence-electron chi connectivity index (χ2n) is 8.67. The van der Waals surface area contributed by atoms with Crippen LogP contribution in [-0.2, 0) is 9.59 Å². The van der Waals surface area contributed by atoms with Crippen LogP contribution in [0, 0.1) is 0 Å². The number of nitrogens with zero attached hydrogens (tertiary/aromatic N) is 2. The highest BCUT2D eigenvalue weighted by Gasteiger charge is 2.52. The van der Waals surface area contributed by atoms with E-state index in [1.165, 1.54) is 0 Å². The van der Waals surface area contributed by atoms with E-state index >= 15 is 0 Å². The van der Waals surface area contributed by atoms with E-state index in [4.69, 9.17) is 11.6 Å². The molecule has 5 heteroatoms. The molecule has 174 valence electrons. The molecule has 0 bridgehead atoms. The van der Waals surface area contributed by atoms with E-state index in [2.05, 4.69) is 0 Å². The van der Waals surface area contributed by atoms with Crippen molar-refractivity contribution in [3.63, 3.8) is 0 Å². The summed E-state index contributed by atoms with van der Waals surface area (Å²) < 4.78 is 0. The Hall–Kier alpha value is -4.41. The quantitative estimate of drug-likeness (QED) is 0.296. The Kier molecular flexibility index (Phi) is 5.51. The minimum absolute atomic E-state index is 0.207. The molecule has 36 heavy (non-hydrogen) atoms. The molecule has 2 aliphatic rings. The molecule has 2 heterocycles. The van der Waals surface area contributed by atoms with Gasteiger partial charge in [0.2, 0.25) is 0 Å². The van der Waals surface area contributed by atoms with Gasteiger partial charge in [-0.3, -0.25) is 19.4 Å². The first-order valence-electron chi connectivity index (χ1n) is 11.7. The third-order valence-electron chi connectivity index (χ3n) is 6.50. The fraction of sp³-hybridized carbons (Fsp3) is 0.0323. The number of benzene rings is 4. The highest BCUT2D eigenvalue weighted by Crippen LogP contribution is 2.50. The van der Waals surface area contributed by atoms with Crippen LogP contribution in [0.3, 0.4) is 0 Å². The van der Waals surface area contributed by atoms with Gasteiger partial charge in [0.15, 0.2) is 0 Å². The van der Waals surface area contributed by atoms with Crippen LogP contribution in [0.4, 0.5) is 11.4 Å². The molecular formula is C31H21ClN2O2. The number of halogens is 1. The summed E-state index contributed by atoms with van der Waals surface area (Å²) in [4.78, 5) is 31.5. The molecule has 4 nitrogen and oxygen atoms in total. The number of carbonyl (C=O) groups excluding carboxylic acids is 2. The lowest BCUT2D eigenvalue weighted by Gasteiger charge is -2.30. The normalized spacial score (nSPS) is 18.4. The number of rotatable bonds is 4. The largest absolute Gasteiger partial charge is 0.295 e. The minimum atomic E-state index is -0.452. The van der Waals surface area contributed by atoms with Crippen molar-refractivity contribution in [1.29, 1.82) is 0 Å². The molecule has 0 fully saturated rings. The molecule has 6 rings (SSSR count). The Morgan fingerprint density at radius 1 is 0.639 bits per heavy atom. The maximum Gasteiger partial charge on any atom is 0.276 e. The predicted octanol–water partition coefficient (Wildman–Crippen LogP) is 6.81. The average molecular weight is 489 g/mol. The van der Waals surface area contributed by atoms with Gasteiger partial charge in [-0.25, -0.2) is 0 Å². The summed E-state index contributed by atoms with van der Waals surface area (Å²) in [7, 11) is 0. The van der Waals surface area contributed by atoms with Gasteiger partial charge in [-0.1, -0.05) is 90.5 Å². The second kappa shape index (κ2) is 8.99. The molecule has 0 saturated heterocycles. The molecule has 2 aliphatic heterocycles. The summed E-state index contributed by atoms with van der Waals surface area (Å²) in [5, 5.41) is 0.620. The Balaban J connectivity index is 1.61. The predicted molar refractivity (Wildman–Crippen MR) is 143 cm³/mol. The molecule has 0 unspecified atom stereocenters. The lowest BCUT2D eigenvalue weighted by molar-refractivity contribution is -0.118. The number of hydrogen-bond acceptors (Lipinski definition) is 2. The molecule has 0 aromatic heterocycles. The van der Waals surface area contributed by atoms with Crippen molar-refractivity contribution in [2.24, 2.45) is 0 Å². The van der Waals surface area contributed by atoms with Crippen LogP contribution < -0.4 is 9.80 Å². The lowest BCUT2D eigenvalue weighted by Crippen LogP contribution is -2.38. The molecule has 4 aromatic rings. The van der Waals surface area contributed by atoms with Crippen molar-refractivity contribution < 1.29 is 9.59 Å². The van der Waals surface area contributed by atoms with Gasteiger partial charge in [0.1, 0.15) is 5.70 Å². The maximum absolute atomic E-state index is 14.2. The number of para-hydroxylation sites is 2. The zero-order chi connectivity index (χ0) is 24.6. The van der Waals surface area contributed by atoms with Gasteiger partial charge >= 0.3 is 0 Å². The highest BCUT2D eigenvalue weighted by molar-refractivity contribution is 6.31. The fourth-order valence-corrected chi connectivity index (χ4v) is 5.05. The first-order valence-corrected chi connectivity index (χ1v) is 12.1. The molecule has 4 aromatic carbocycles.